The Kier molecular flexibility index (Phi) is 3.98. The summed E-state index contributed by atoms with van der Waals surface area (Å²) in [5.41, 5.74) is 1.92. The third kappa shape index (κ3) is 3.11. The van der Waals surface area contributed by atoms with Gasteiger partial charge in [0.2, 0.25) is 0 Å². The van der Waals surface area contributed by atoms with E-state index in [1.54, 1.807) is 18.3 Å². The Morgan fingerprint density at radius 2 is 1.90 bits per heavy atom. The average molecular weight is 407 g/mol. The van der Waals surface area contributed by atoms with Gasteiger partial charge in [-0.3, -0.25) is 9.78 Å². The molecule has 4 nitrogen and oxygen atoms in total. The highest BCUT2D eigenvalue weighted by atomic mass is 79.9. The van der Waals surface area contributed by atoms with Crippen molar-refractivity contribution in [3.8, 4) is 0 Å². The lowest BCUT2D eigenvalue weighted by Crippen LogP contribution is -2.12. The van der Waals surface area contributed by atoms with E-state index in [4.69, 9.17) is 0 Å². The molecule has 21 heavy (non-hydrogen) atoms. The number of benzene rings is 1. The van der Waals surface area contributed by atoms with E-state index >= 15 is 0 Å². The summed E-state index contributed by atoms with van der Waals surface area (Å²) < 4.78 is 1.59. The largest absolute Gasteiger partial charge is 0.320 e. The summed E-state index contributed by atoms with van der Waals surface area (Å²) in [6.45, 7) is 0. The first-order chi connectivity index (χ1) is 10.1. The minimum atomic E-state index is -0.216. The molecule has 2 aromatic heterocycles. The number of carbonyl (C=O) groups is 1. The topological polar surface area (TPSA) is 54.9 Å². The fraction of sp³-hybridized carbons (Fsp3) is 0. The molecule has 0 bridgehead atoms. The molecule has 0 aliphatic heterocycles. The SMILES string of the molecule is O=C(Nc1cccc2cc(Br)cnc12)c1ccc(Br)nc1. The number of aromatic nitrogens is 2. The van der Waals surface area contributed by atoms with Crippen LogP contribution in [-0.4, -0.2) is 15.9 Å². The van der Waals surface area contributed by atoms with Crippen molar-refractivity contribution in [2.45, 2.75) is 0 Å². The molecule has 0 aliphatic rings. The summed E-state index contributed by atoms with van der Waals surface area (Å²) in [5, 5.41) is 3.82. The molecule has 1 aromatic carbocycles. The van der Waals surface area contributed by atoms with Crippen molar-refractivity contribution in [3.05, 3.63) is 63.4 Å². The number of nitrogens with zero attached hydrogens (tertiary/aromatic N) is 2. The van der Waals surface area contributed by atoms with Crippen LogP contribution in [0, 0.1) is 0 Å². The zero-order valence-corrected chi connectivity index (χ0v) is 13.8. The van der Waals surface area contributed by atoms with Crippen LogP contribution in [0.1, 0.15) is 10.4 Å². The molecule has 2 heterocycles. The number of para-hydroxylation sites is 1. The van der Waals surface area contributed by atoms with Gasteiger partial charge in [0, 0.05) is 22.3 Å². The molecule has 104 valence electrons. The van der Waals surface area contributed by atoms with Crippen LogP contribution in [0.4, 0.5) is 5.69 Å². The van der Waals surface area contributed by atoms with Crippen LogP contribution in [0.3, 0.4) is 0 Å². The molecule has 0 aliphatic carbocycles. The molecule has 0 fully saturated rings. The highest BCUT2D eigenvalue weighted by Crippen LogP contribution is 2.24. The van der Waals surface area contributed by atoms with Crippen molar-refractivity contribution >= 4 is 54.4 Å². The number of anilines is 1. The van der Waals surface area contributed by atoms with Crippen LogP contribution in [0.2, 0.25) is 0 Å². The maximum atomic E-state index is 12.2. The lowest BCUT2D eigenvalue weighted by Gasteiger charge is -2.08. The van der Waals surface area contributed by atoms with E-state index in [1.165, 1.54) is 6.20 Å². The van der Waals surface area contributed by atoms with Gasteiger partial charge in [0.25, 0.3) is 5.91 Å². The number of amides is 1. The maximum Gasteiger partial charge on any atom is 0.257 e. The standard InChI is InChI=1S/C15H9Br2N3O/c16-11-6-9-2-1-3-12(14(9)19-8-11)20-15(21)10-4-5-13(17)18-7-10/h1-8H,(H,20,21). The fourth-order valence-electron chi connectivity index (χ4n) is 1.94. The summed E-state index contributed by atoms with van der Waals surface area (Å²) >= 11 is 6.63. The van der Waals surface area contributed by atoms with Crippen LogP contribution in [0.5, 0.6) is 0 Å². The molecule has 6 heteroatoms. The van der Waals surface area contributed by atoms with Gasteiger partial charge in [0.05, 0.1) is 16.8 Å². The fourth-order valence-corrected chi connectivity index (χ4v) is 2.52. The van der Waals surface area contributed by atoms with E-state index in [-0.39, 0.29) is 5.91 Å². The van der Waals surface area contributed by atoms with Gasteiger partial charge in [-0.2, -0.15) is 0 Å². The minimum Gasteiger partial charge on any atom is -0.320 e. The van der Waals surface area contributed by atoms with Crippen molar-refractivity contribution in [2.24, 2.45) is 0 Å². The third-order valence-electron chi connectivity index (χ3n) is 2.92. The van der Waals surface area contributed by atoms with E-state index in [1.807, 2.05) is 24.3 Å². The van der Waals surface area contributed by atoms with Gasteiger partial charge in [0.1, 0.15) is 4.60 Å². The molecule has 0 saturated heterocycles. The van der Waals surface area contributed by atoms with E-state index < -0.39 is 0 Å². The van der Waals surface area contributed by atoms with Gasteiger partial charge >= 0.3 is 0 Å². The average Bonchev–Trinajstić information content (AvgIpc) is 2.47. The van der Waals surface area contributed by atoms with E-state index in [0.717, 1.165) is 15.4 Å². The molecule has 3 rings (SSSR count). The molecular formula is C15H9Br2N3O. The van der Waals surface area contributed by atoms with Crippen LogP contribution in [0.25, 0.3) is 10.9 Å². The highest BCUT2D eigenvalue weighted by molar-refractivity contribution is 9.10. The Balaban J connectivity index is 1.94. The number of rotatable bonds is 2. The molecule has 1 N–H and O–H groups in total. The lowest BCUT2D eigenvalue weighted by atomic mass is 10.2. The number of halogens is 2. The van der Waals surface area contributed by atoms with E-state index in [0.29, 0.717) is 15.9 Å². The number of nitrogens with one attached hydrogen (secondary N) is 1. The molecule has 3 aromatic rings. The third-order valence-corrected chi connectivity index (χ3v) is 3.82. The van der Waals surface area contributed by atoms with Gasteiger partial charge < -0.3 is 5.32 Å². The maximum absolute atomic E-state index is 12.2. The van der Waals surface area contributed by atoms with Crippen molar-refractivity contribution in [3.63, 3.8) is 0 Å². The summed E-state index contributed by atoms with van der Waals surface area (Å²) in [5.74, 6) is -0.216. The second-order valence-electron chi connectivity index (χ2n) is 4.35. The van der Waals surface area contributed by atoms with Crippen LogP contribution in [0.15, 0.2) is 57.9 Å². The zero-order valence-electron chi connectivity index (χ0n) is 10.7. The monoisotopic (exact) mass is 405 g/mol. The zero-order chi connectivity index (χ0) is 14.8. The van der Waals surface area contributed by atoms with Crippen molar-refractivity contribution in [2.75, 3.05) is 5.32 Å². The predicted molar refractivity (Wildman–Crippen MR) is 89.3 cm³/mol. The summed E-state index contributed by atoms with van der Waals surface area (Å²) in [4.78, 5) is 20.6. The summed E-state index contributed by atoms with van der Waals surface area (Å²) in [6.07, 6.45) is 3.23. The Bertz CT molecular complexity index is 819. The quantitative estimate of drug-likeness (QED) is 0.641. The van der Waals surface area contributed by atoms with Gasteiger partial charge in [-0.05, 0) is 56.1 Å². The second kappa shape index (κ2) is 5.91. The Labute approximate surface area is 137 Å². The molecule has 0 saturated carbocycles. The van der Waals surface area contributed by atoms with Crippen LogP contribution in [-0.2, 0) is 0 Å². The number of fused-ring (bicyclic) bond motifs is 1. The first kappa shape index (κ1) is 14.2. The number of hydrogen-bond acceptors (Lipinski definition) is 3. The van der Waals surface area contributed by atoms with Crippen LogP contribution >= 0.6 is 31.9 Å². The smallest absolute Gasteiger partial charge is 0.257 e. The van der Waals surface area contributed by atoms with E-state index in [2.05, 4.69) is 47.1 Å². The normalized spacial score (nSPS) is 10.6. The van der Waals surface area contributed by atoms with Gasteiger partial charge in [-0.15, -0.1) is 0 Å². The molecule has 0 radical (unpaired) electrons. The molecule has 0 atom stereocenters. The van der Waals surface area contributed by atoms with Crippen molar-refractivity contribution in [1.29, 1.82) is 0 Å². The molecule has 0 unspecified atom stereocenters. The first-order valence-electron chi connectivity index (χ1n) is 6.11. The summed E-state index contributed by atoms with van der Waals surface area (Å²) in [7, 11) is 0. The van der Waals surface area contributed by atoms with Crippen molar-refractivity contribution in [1.82, 2.24) is 9.97 Å². The van der Waals surface area contributed by atoms with Gasteiger partial charge in [0.15, 0.2) is 0 Å². The second-order valence-corrected chi connectivity index (χ2v) is 6.08. The predicted octanol–water partition coefficient (Wildman–Crippen LogP) is 4.41. The van der Waals surface area contributed by atoms with Gasteiger partial charge in [-0.1, -0.05) is 12.1 Å². The number of hydrogen-bond donors (Lipinski definition) is 1. The Hall–Kier alpha value is -1.79. The number of carbonyl (C=O) groups excluding carboxylic acids is 1. The molecule has 1 amide bonds. The van der Waals surface area contributed by atoms with Crippen molar-refractivity contribution < 1.29 is 4.79 Å². The molecular weight excluding hydrogens is 398 g/mol. The first-order valence-corrected chi connectivity index (χ1v) is 7.69. The number of pyridine rings is 2. The van der Waals surface area contributed by atoms with Crippen LogP contribution < -0.4 is 5.32 Å². The highest BCUT2D eigenvalue weighted by Gasteiger charge is 2.09. The Morgan fingerprint density at radius 1 is 1.05 bits per heavy atom. The van der Waals surface area contributed by atoms with Gasteiger partial charge in [-0.25, -0.2) is 4.98 Å². The lowest BCUT2D eigenvalue weighted by molar-refractivity contribution is 0.102. The summed E-state index contributed by atoms with van der Waals surface area (Å²) in [6, 6.07) is 11.1. The molecule has 0 spiro atoms. The Morgan fingerprint density at radius 3 is 2.67 bits per heavy atom. The minimum absolute atomic E-state index is 0.216. The van der Waals surface area contributed by atoms with E-state index in [9.17, 15) is 4.79 Å².